The molecule has 0 spiro atoms. The normalized spacial score (nSPS) is 10.7. The first kappa shape index (κ1) is 18.4. The maximum Gasteiger partial charge on any atom is 0.325 e. The molecule has 0 saturated carbocycles. The summed E-state index contributed by atoms with van der Waals surface area (Å²) in [5.74, 6) is 0.295. The number of benzene rings is 2. The number of nitrogens with zero attached hydrogens (tertiary/aromatic N) is 3. The summed E-state index contributed by atoms with van der Waals surface area (Å²) in [4.78, 5) is 12.2. The second-order valence-corrected chi connectivity index (χ2v) is 6.56. The van der Waals surface area contributed by atoms with Gasteiger partial charge in [-0.25, -0.2) is 0 Å². The van der Waals surface area contributed by atoms with E-state index in [4.69, 9.17) is 10.1 Å². The van der Waals surface area contributed by atoms with Gasteiger partial charge in [0.25, 0.3) is 0 Å². The van der Waals surface area contributed by atoms with Gasteiger partial charge in [-0.2, -0.15) is 9.97 Å². The zero-order valence-corrected chi connectivity index (χ0v) is 15.8. The Bertz CT molecular complexity index is 1180. The van der Waals surface area contributed by atoms with Gasteiger partial charge >= 0.3 is 6.01 Å². The van der Waals surface area contributed by atoms with Crippen molar-refractivity contribution in [1.29, 1.82) is 5.41 Å². The molecule has 2 aromatic carbocycles. The summed E-state index contributed by atoms with van der Waals surface area (Å²) in [5, 5.41) is 21.6. The van der Waals surface area contributed by atoms with E-state index in [9.17, 15) is 5.11 Å². The number of rotatable bonds is 6. The maximum absolute atomic E-state index is 10.1. The monoisotopic (exact) mass is 385 g/mol. The molecule has 0 bridgehead atoms. The van der Waals surface area contributed by atoms with Crippen LogP contribution in [-0.4, -0.2) is 26.3 Å². The third-order valence-electron chi connectivity index (χ3n) is 4.45. The van der Waals surface area contributed by atoms with Crippen LogP contribution in [0.15, 0.2) is 60.9 Å². The van der Waals surface area contributed by atoms with Gasteiger partial charge in [-0.05, 0) is 36.8 Å². The van der Waals surface area contributed by atoms with Crippen molar-refractivity contribution in [3.8, 4) is 17.6 Å². The Balaban J connectivity index is 1.53. The third kappa shape index (κ3) is 4.14. The maximum atomic E-state index is 10.1. The number of fused-ring (bicyclic) bond motifs is 1. The zero-order valence-electron chi connectivity index (χ0n) is 15.8. The van der Waals surface area contributed by atoms with Gasteiger partial charge in [0, 0.05) is 30.2 Å². The highest BCUT2D eigenvalue weighted by Crippen LogP contribution is 2.28. The van der Waals surface area contributed by atoms with Crippen LogP contribution in [0.5, 0.6) is 17.6 Å². The number of hydrogen-bond acceptors (Lipinski definition) is 7. The Morgan fingerprint density at radius 3 is 2.72 bits per heavy atom. The van der Waals surface area contributed by atoms with E-state index >= 15 is 0 Å². The number of pyridine rings is 1. The second kappa shape index (κ2) is 7.93. The molecule has 7 heteroatoms. The molecule has 0 aliphatic rings. The van der Waals surface area contributed by atoms with E-state index < -0.39 is 0 Å². The van der Waals surface area contributed by atoms with E-state index in [2.05, 4.69) is 51.5 Å². The summed E-state index contributed by atoms with van der Waals surface area (Å²) in [6, 6.07) is 15.3. The van der Waals surface area contributed by atoms with E-state index in [0.717, 1.165) is 11.3 Å². The number of anilines is 1. The fourth-order valence-electron chi connectivity index (χ4n) is 2.88. The minimum absolute atomic E-state index is 0.0132. The van der Waals surface area contributed by atoms with Gasteiger partial charge in [-0.15, -0.1) is 0 Å². The van der Waals surface area contributed by atoms with Crippen molar-refractivity contribution in [2.45, 2.75) is 13.5 Å². The van der Waals surface area contributed by atoms with Crippen LogP contribution < -0.4 is 10.1 Å². The molecule has 4 aromatic rings. The number of ether oxygens (including phenoxy) is 1. The van der Waals surface area contributed by atoms with E-state index in [1.165, 1.54) is 18.0 Å². The number of nitrogens with one attached hydrogen (secondary N) is 2. The molecule has 0 unspecified atom stereocenters. The highest BCUT2D eigenvalue weighted by Gasteiger charge is 2.10. The van der Waals surface area contributed by atoms with Crippen molar-refractivity contribution < 1.29 is 9.84 Å². The van der Waals surface area contributed by atoms with Gasteiger partial charge in [0.05, 0.1) is 17.1 Å². The molecule has 0 aliphatic heterocycles. The van der Waals surface area contributed by atoms with Gasteiger partial charge in [-0.3, -0.25) is 4.98 Å². The minimum atomic E-state index is -0.170. The van der Waals surface area contributed by atoms with Crippen molar-refractivity contribution in [3.05, 3.63) is 77.6 Å². The molecule has 144 valence electrons. The molecule has 29 heavy (non-hydrogen) atoms. The fourth-order valence-corrected chi connectivity index (χ4v) is 2.88. The van der Waals surface area contributed by atoms with Crippen LogP contribution >= 0.6 is 0 Å². The molecule has 4 rings (SSSR count). The zero-order chi connectivity index (χ0) is 20.2. The molecule has 2 heterocycles. The molecule has 0 atom stereocenters. The molecule has 0 saturated heterocycles. The van der Waals surface area contributed by atoms with Crippen molar-refractivity contribution >= 4 is 22.8 Å². The van der Waals surface area contributed by atoms with E-state index in [1.54, 1.807) is 24.4 Å². The first-order chi connectivity index (χ1) is 14.1. The number of aromatic hydroxyl groups is 1. The molecule has 0 aliphatic carbocycles. The molecular formula is C22H19N5O2. The van der Waals surface area contributed by atoms with Gasteiger partial charge < -0.3 is 20.6 Å². The van der Waals surface area contributed by atoms with E-state index in [1.807, 2.05) is 6.07 Å². The number of hydrogen-bond donors (Lipinski definition) is 3. The van der Waals surface area contributed by atoms with Gasteiger partial charge in [0.2, 0.25) is 5.88 Å². The highest BCUT2D eigenvalue weighted by atomic mass is 16.5. The first-order valence-electron chi connectivity index (χ1n) is 9.05. The lowest BCUT2D eigenvalue weighted by Gasteiger charge is -2.12. The van der Waals surface area contributed by atoms with Gasteiger partial charge in [0.15, 0.2) is 0 Å². The minimum Gasteiger partial charge on any atom is -0.493 e. The fraction of sp³-hybridized carbons (Fsp3) is 0.0909. The lowest BCUT2D eigenvalue weighted by atomic mass is 10.1. The third-order valence-corrected chi connectivity index (χ3v) is 4.45. The molecule has 3 N–H and O–H groups in total. The van der Waals surface area contributed by atoms with Crippen molar-refractivity contribution in [2.75, 3.05) is 5.32 Å². The van der Waals surface area contributed by atoms with Crippen LogP contribution in [0.2, 0.25) is 0 Å². The van der Waals surface area contributed by atoms with Crippen molar-refractivity contribution in [2.24, 2.45) is 0 Å². The predicted octanol–water partition coefficient (Wildman–Crippen LogP) is 4.44. The molecule has 0 radical (unpaired) electrons. The van der Waals surface area contributed by atoms with Crippen LogP contribution in [0.25, 0.3) is 10.9 Å². The number of aryl methyl sites for hydroxylation is 1. The highest BCUT2D eigenvalue weighted by molar-refractivity contribution is 5.86. The average molecular weight is 385 g/mol. The molecule has 0 fully saturated rings. The summed E-state index contributed by atoms with van der Waals surface area (Å²) in [6.07, 6.45) is 4.35. The second-order valence-electron chi connectivity index (χ2n) is 6.56. The SMILES string of the molecule is Cc1ccc(CNc2ccc(Oc3nc(O)c4ccncc4n3)cc2C=N)cc1. The summed E-state index contributed by atoms with van der Waals surface area (Å²) >= 11 is 0. The largest absolute Gasteiger partial charge is 0.493 e. The van der Waals surface area contributed by atoms with Crippen LogP contribution in [0.1, 0.15) is 16.7 Å². The molecule has 2 aromatic heterocycles. The quantitative estimate of drug-likeness (QED) is 0.424. The Morgan fingerprint density at radius 1 is 1.10 bits per heavy atom. The van der Waals surface area contributed by atoms with Gasteiger partial charge in [0.1, 0.15) is 5.75 Å². The predicted molar refractivity (Wildman–Crippen MR) is 112 cm³/mol. The first-order valence-corrected chi connectivity index (χ1v) is 9.05. The Hall–Kier alpha value is -4.00. The lowest BCUT2D eigenvalue weighted by Crippen LogP contribution is -2.02. The Kier molecular flexibility index (Phi) is 5.03. The van der Waals surface area contributed by atoms with Crippen molar-refractivity contribution in [3.63, 3.8) is 0 Å². The van der Waals surface area contributed by atoms with E-state index in [-0.39, 0.29) is 11.9 Å². The van der Waals surface area contributed by atoms with Gasteiger partial charge in [-0.1, -0.05) is 29.8 Å². The Labute approximate surface area is 167 Å². The number of aromatic nitrogens is 3. The molecular weight excluding hydrogens is 366 g/mol. The smallest absolute Gasteiger partial charge is 0.325 e. The summed E-state index contributed by atoms with van der Waals surface area (Å²) < 4.78 is 5.70. The topological polar surface area (TPSA) is 104 Å². The van der Waals surface area contributed by atoms with Crippen LogP contribution in [-0.2, 0) is 6.54 Å². The van der Waals surface area contributed by atoms with Crippen molar-refractivity contribution in [1.82, 2.24) is 15.0 Å². The molecule has 0 amide bonds. The van der Waals surface area contributed by atoms with Crippen LogP contribution in [0.3, 0.4) is 0 Å². The lowest BCUT2D eigenvalue weighted by molar-refractivity contribution is 0.412. The average Bonchev–Trinajstić information content (AvgIpc) is 2.74. The molecule has 7 nitrogen and oxygen atoms in total. The summed E-state index contributed by atoms with van der Waals surface area (Å²) in [5.41, 5.74) is 4.34. The standard InChI is InChI=1S/C22H19N5O2/c1-14-2-4-15(5-3-14)12-25-19-7-6-17(10-16(19)11-23)29-22-26-20-13-24-9-8-18(20)21(28)27-22/h2-11,13,23,25H,12H2,1H3,(H,26,27,28). The van der Waals surface area contributed by atoms with Crippen LogP contribution in [0, 0.1) is 12.3 Å². The van der Waals surface area contributed by atoms with E-state index in [0.29, 0.717) is 28.8 Å². The Morgan fingerprint density at radius 2 is 1.93 bits per heavy atom. The van der Waals surface area contributed by atoms with Crippen LogP contribution in [0.4, 0.5) is 5.69 Å². The summed E-state index contributed by atoms with van der Waals surface area (Å²) in [7, 11) is 0. The summed E-state index contributed by atoms with van der Waals surface area (Å²) in [6.45, 7) is 2.70.